The molecule has 0 saturated heterocycles. The highest BCUT2D eigenvalue weighted by Gasteiger charge is 2.54. The van der Waals surface area contributed by atoms with Crippen molar-refractivity contribution in [3.63, 3.8) is 0 Å². The Kier molecular flexibility index (Phi) is 4.53. The van der Waals surface area contributed by atoms with Crippen LogP contribution in [0.5, 0.6) is 0 Å². The molecular formula is C18H25ClSi2. The normalized spacial score (nSPS) is 13.2. The Morgan fingerprint density at radius 2 is 0.952 bits per heavy atom. The highest BCUT2D eigenvalue weighted by atomic mass is 35.5. The lowest BCUT2D eigenvalue weighted by Gasteiger charge is -2.48. The Balaban J connectivity index is 2.50. The van der Waals surface area contributed by atoms with Gasteiger partial charge >= 0.3 is 0 Å². The Morgan fingerprint density at radius 3 is 1.24 bits per heavy atom. The standard InChI is InChI=1S/C18H25ClSi2/c1-18(19,20(2,3)16-12-8-6-9-13-16)21(4,5)17-14-10-7-11-15-17/h6-15H,1-5H3. The zero-order valence-electron chi connectivity index (χ0n) is 13.7. The first-order chi connectivity index (χ1) is 9.71. The molecule has 0 aliphatic rings. The van der Waals surface area contributed by atoms with E-state index in [1.807, 2.05) is 0 Å². The highest BCUT2D eigenvalue weighted by Crippen LogP contribution is 2.36. The minimum absolute atomic E-state index is 0.150. The molecule has 2 rings (SSSR count). The minimum atomic E-state index is -1.80. The van der Waals surface area contributed by atoms with Gasteiger partial charge in [0, 0.05) is 4.12 Å². The van der Waals surface area contributed by atoms with Gasteiger partial charge in [0.25, 0.3) is 0 Å². The molecule has 2 aromatic carbocycles. The molecule has 2 aromatic rings. The van der Waals surface area contributed by atoms with Crippen molar-refractivity contribution in [2.75, 3.05) is 0 Å². The zero-order valence-corrected chi connectivity index (χ0v) is 16.4. The van der Waals surface area contributed by atoms with Gasteiger partial charge in [-0.15, -0.1) is 11.6 Å². The second kappa shape index (κ2) is 5.75. The van der Waals surface area contributed by atoms with Crippen molar-refractivity contribution in [2.45, 2.75) is 37.2 Å². The highest BCUT2D eigenvalue weighted by molar-refractivity contribution is 7.16. The van der Waals surface area contributed by atoms with Gasteiger partial charge in [0.1, 0.15) is 16.1 Å². The van der Waals surface area contributed by atoms with Crippen LogP contribution in [-0.2, 0) is 0 Å². The smallest absolute Gasteiger partial charge is 0.100 e. The molecule has 0 atom stereocenters. The molecule has 0 aliphatic heterocycles. The van der Waals surface area contributed by atoms with Crippen LogP contribution in [0.1, 0.15) is 6.92 Å². The van der Waals surface area contributed by atoms with Gasteiger partial charge in [0.05, 0.1) is 0 Å². The van der Waals surface area contributed by atoms with Crippen molar-refractivity contribution in [1.82, 2.24) is 0 Å². The summed E-state index contributed by atoms with van der Waals surface area (Å²) in [6.07, 6.45) is 0. The van der Waals surface area contributed by atoms with Crippen molar-refractivity contribution in [3.05, 3.63) is 60.7 Å². The average molecular weight is 333 g/mol. The Bertz CT molecular complexity index is 536. The monoisotopic (exact) mass is 332 g/mol. The molecule has 0 N–H and O–H groups in total. The van der Waals surface area contributed by atoms with Crippen LogP contribution in [0, 0.1) is 0 Å². The fourth-order valence-electron chi connectivity index (χ4n) is 3.03. The summed E-state index contributed by atoms with van der Waals surface area (Å²) in [5, 5.41) is 2.89. The van der Waals surface area contributed by atoms with E-state index in [-0.39, 0.29) is 4.12 Å². The number of alkyl halides is 1. The summed E-state index contributed by atoms with van der Waals surface area (Å²) in [4.78, 5) is 0. The molecule has 3 heteroatoms. The largest absolute Gasteiger partial charge is 0.126 e. The molecule has 0 spiro atoms. The lowest BCUT2D eigenvalue weighted by Crippen LogP contribution is -2.72. The second-order valence-electron chi connectivity index (χ2n) is 6.99. The first kappa shape index (κ1) is 16.5. The predicted molar refractivity (Wildman–Crippen MR) is 101 cm³/mol. The van der Waals surface area contributed by atoms with Crippen LogP contribution in [0.3, 0.4) is 0 Å². The lowest BCUT2D eigenvalue weighted by molar-refractivity contribution is 1.12. The molecule has 0 unspecified atom stereocenters. The molecule has 0 bridgehead atoms. The number of hydrogen-bond acceptors (Lipinski definition) is 0. The van der Waals surface area contributed by atoms with Gasteiger partial charge in [0.2, 0.25) is 0 Å². The van der Waals surface area contributed by atoms with Gasteiger partial charge < -0.3 is 0 Å². The second-order valence-corrected chi connectivity index (χ2v) is 18.5. The fraction of sp³-hybridized carbons (Fsp3) is 0.333. The molecular weight excluding hydrogens is 308 g/mol. The summed E-state index contributed by atoms with van der Waals surface area (Å²) in [5.74, 6) is 0. The zero-order chi connectivity index (χ0) is 15.7. The summed E-state index contributed by atoms with van der Waals surface area (Å²) in [7, 11) is -3.60. The van der Waals surface area contributed by atoms with Crippen LogP contribution < -0.4 is 10.4 Å². The average Bonchev–Trinajstić information content (AvgIpc) is 2.48. The van der Waals surface area contributed by atoms with Gasteiger partial charge in [-0.05, 0) is 0 Å². The third kappa shape index (κ3) is 2.77. The van der Waals surface area contributed by atoms with Gasteiger partial charge in [-0.2, -0.15) is 0 Å². The third-order valence-corrected chi connectivity index (χ3v) is 20.2. The lowest BCUT2D eigenvalue weighted by atomic mass is 10.4. The van der Waals surface area contributed by atoms with E-state index >= 15 is 0 Å². The fourth-order valence-corrected chi connectivity index (χ4v) is 13.9. The quantitative estimate of drug-likeness (QED) is 0.578. The molecule has 0 aliphatic carbocycles. The molecule has 0 nitrogen and oxygen atoms in total. The summed E-state index contributed by atoms with van der Waals surface area (Å²) >= 11 is 7.31. The van der Waals surface area contributed by atoms with Crippen LogP contribution in [0.4, 0.5) is 0 Å². The van der Waals surface area contributed by atoms with E-state index in [4.69, 9.17) is 11.6 Å². The molecule has 0 heterocycles. The van der Waals surface area contributed by atoms with Crippen molar-refractivity contribution in [2.24, 2.45) is 0 Å². The van der Waals surface area contributed by atoms with E-state index in [0.29, 0.717) is 0 Å². The Labute approximate surface area is 136 Å². The number of rotatable bonds is 4. The van der Waals surface area contributed by atoms with Crippen LogP contribution in [0.15, 0.2) is 60.7 Å². The summed E-state index contributed by atoms with van der Waals surface area (Å²) < 4.78 is -0.150. The summed E-state index contributed by atoms with van der Waals surface area (Å²) in [6.45, 7) is 11.9. The van der Waals surface area contributed by atoms with Crippen molar-refractivity contribution in [1.29, 1.82) is 0 Å². The first-order valence-corrected chi connectivity index (χ1v) is 13.9. The van der Waals surface area contributed by atoms with Gasteiger partial charge in [-0.1, -0.05) is 104 Å². The van der Waals surface area contributed by atoms with E-state index in [2.05, 4.69) is 93.8 Å². The van der Waals surface area contributed by atoms with Gasteiger partial charge in [0.15, 0.2) is 0 Å². The van der Waals surface area contributed by atoms with Crippen molar-refractivity contribution < 1.29 is 0 Å². The molecule has 0 aromatic heterocycles. The van der Waals surface area contributed by atoms with Crippen LogP contribution in [0.2, 0.25) is 26.2 Å². The SMILES string of the molecule is CC(Cl)([Si](C)(C)c1ccccc1)[Si](C)(C)c1ccccc1. The first-order valence-electron chi connectivity index (χ1n) is 7.51. The van der Waals surface area contributed by atoms with Crippen LogP contribution in [0.25, 0.3) is 0 Å². The molecule has 0 saturated carbocycles. The summed E-state index contributed by atoms with van der Waals surface area (Å²) in [6, 6.07) is 21.7. The molecule has 0 fully saturated rings. The molecule has 21 heavy (non-hydrogen) atoms. The van der Waals surface area contributed by atoms with E-state index in [9.17, 15) is 0 Å². The van der Waals surface area contributed by atoms with E-state index in [0.717, 1.165) is 0 Å². The number of hydrogen-bond donors (Lipinski definition) is 0. The van der Waals surface area contributed by atoms with E-state index < -0.39 is 16.1 Å². The Morgan fingerprint density at radius 1 is 0.667 bits per heavy atom. The Hall–Kier alpha value is -0.836. The van der Waals surface area contributed by atoms with Gasteiger partial charge in [-0.3, -0.25) is 0 Å². The maximum atomic E-state index is 7.31. The molecule has 0 amide bonds. The van der Waals surface area contributed by atoms with Gasteiger partial charge in [-0.25, -0.2) is 0 Å². The molecule has 112 valence electrons. The summed E-state index contributed by atoms with van der Waals surface area (Å²) in [5.41, 5.74) is 0. The van der Waals surface area contributed by atoms with E-state index in [1.165, 1.54) is 10.4 Å². The topological polar surface area (TPSA) is 0 Å². The minimum Gasteiger partial charge on any atom is -0.126 e. The van der Waals surface area contributed by atoms with Crippen molar-refractivity contribution >= 4 is 38.1 Å². The maximum absolute atomic E-state index is 7.31. The number of benzene rings is 2. The third-order valence-electron chi connectivity index (χ3n) is 5.34. The van der Waals surface area contributed by atoms with Crippen molar-refractivity contribution in [3.8, 4) is 0 Å². The van der Waals surface area contributed by atoms with E-state index in [1.54, 1.807) is 0 Å². The van der Waals surface area contributed by atoms with Crippen LogP contribution >= 0.6 is 11.6 Å². The molecule has 0 radical (unpaired) electrons. The number of halogens is 1. The maximum Gasteiger partial charge on any atom is 0.100 e. The van der Waals surface area contributed by atoms with Crippen LogP contribution in [-0.4, -0.2) is 20.3 Å². The predicted octanol–water partition coefficient (Wildman–Crippen LogP) is 4.29.